The first-order valence-electron chi connectivity index (χ1n) is 8.93. The number of hydrogen-bond donors (Lipinski definition) is 1. The normalized spacial score (nSPS) is 16.8. The van der Waals surface area contributed by atoms with E-state index in [2.05, 4.69) is 13.8 Å². The third-order valence-electron chi connectivity index (χ3n) is 3.94. The van der Waals surface area contributed by atoms with Gasteiger partial charge in [0.15, 0.2) is 18.1 Å². The number of aliphatic carboxylic acids is 1. The Morgan fingerprint density at radius 2 is 2.04 bits per heavy atom. The van der Waals surface area contributed by atoms with Crippen molar-refractivity contribution < 1.29 is 28.9 Å². The molecule has 1 aliphatic heterocycles. The number of carbonyl (C=O) groups excluding carboxylic acids is 1. The lowest BCUT2D eigenvalue weighted by molar-refractivity contribution is -0.139. The molecule has 0 saturated carbocycles. The summed E-state index contributed by atoms with van der Waals surface area (Å²) in [6.45, 7) is 7.85. The van der Waals surface area contributed by atoms with Crippen LogP contribution in [0.1, 0.15) is 37.6 Å². The summed E-state index contributed by atoms with van der Waals surface area (Å²) in [4.78, 5) is 25.2. The molecule has 144 valence electrons. The quantitative estimate of drug-likeness (QED) is 0.723. The van der Waals surface area contributed by atoms with Gasteiger partial charge in [-0.05, 0) is 37.5 Å². The summed E-state index contributed by atoms with van der Waals surface area (Å²) >= 11 is 0. The van der Waals surface area contributed by atoms with Crippen LogP contribution in [0.5, 0.6) is 11.5 Å². The van der Waals surface area contributed by atoms with E-state index in [0.717, 1.165) is 6.42 Å². The minimum absolute atomic E-state index is 0.0749. The first-order chi connectivity index (χ1) is 12.4. The summed E-state index contributed by atoms with van der Waals surface area (Å²) in [5.41, 5.74) is 0.487. The molecule has 1 atom stereocenters. The van der Waals surface area contributed by atoms with Crippen molar-refractivity contribution in [3.05, 3.63) is 23.8 Å². The highest BCUT2D eigenvalue weighted by Gasteiger charge is 2.28. The highest BCUT2D eigenvalue weighted by molar-refractivity contribution is 5.95. The molecular weight excluding hydrogens is 338 g/mol. The smallest absolute Gasteiger partial charge is 0.341 e. The zero-order chi connectivity index (χ0) is 19.1. The maximum Gasteiger partial charge on any atom is 0.341 e. The van der Waals surface area contributed by atoms with E-state index in [4.69, 9.17) is 19.3 Å². The highest BCUT2D eigenvalue weighted by Crippen LogP contribution is 2.29. The second-order valence-corrected chi connectivity index (χ2v) is 6.67. The van der Waals surface area contributed by atoms with Gasteiger partial charge < -0.3 is 24.2 Å². The Hall–Kier alpha value is -2.28. The molecule has 0 spiro atoms. The summed E-state index contributed by atoms with van der Waals surface area (Å²) in [6, 6.07) is 4.81. The van der Waals surface area contributed by atoms with E-state index in [1.54, 1.807) is 23.1 Å². The maximum absolute atomic E-state index is 12.7. The Kier molecular flexibility index (Phi) is 7.26. The molecule has 1 N–H and O–H groups in total. The molecule has 1 aliphatic rings. The molecule has 0 aromatic heterocycles. The molecule has 0 aliphatic carbocycles. The van der Waals surface area contributed by atoms with Crippen LogP contribution in [0.25, 0.3) is 0 Å². The van der Waals surface area contributed by atoms with Crippen LogP contribution in [0.3, 0.4) is 0 Å². The van der Waals surface area contributed by atoms with Gasteiger partial charge in [0.05, 0.1) is 12.7 Å². The molecule has 2 rings (SSSR count). The van der Waals surface area contributed by atoms with Gasteiger partial charge in [0.2, 0.25) is 0 Å². The number of amides is 1. The molecule has 26 heavy (non-hydrogen) atoms. The number of likely N-dealkylation sites (tertiary alicyclic amines) is 1. The van der Waals surface area contributed by atoms with Gasteiger partial charge in [0.25, 0.3) is 5.91 Å². The van der Waals surface area contributed by atoms with Crippen molar-refractivity contribution in [3.63, 3.8) is 0 Å². The maximum atomic E-state index is 12.7. The fourth-order valence-corrected chi connectivity index (χ4v) is 2.73. The zero-order valence-electron chi connectivity index (χ0n) is 15.6. The van der Waals surface area contributed by atoms with E-state index >= 15 is 0 Å². The Morgan fingerprint density at radius 3 is 2.69 bits per heavy atom. The van der Waals surface area contributed by atoms with E-state index in [1.165, 1.54) is 0 Å². The van der Waals surface area contributed by atoms with E-state index in [1.807, 2.05) is 6.92 Å². The van der Waals surface area contributed by atoms with Gasteiger partial charge in [-0.25, -0.2) is 4.79 Å². The molecule has 1 amide bonds. The molecule has 1 aromatic carbocycles. The molecule has 1 unspecified atom stereocenters. The molecule has 1 heterocycles. The minimum atomic E-state index is -1.07. The SMILES string of the molecule is CCOc1cc(C(=O)N2CCC(OCC(C)C)C2)ccc1OCC(=O)O. The van der Waals surface area contributed by atoms with Gasteiger partial charge in [0, 0.05) is 25.3 Å². The topological polar surface area (TPSA) is 85.3 Å². The van der Waals surface area contributed by atoms with Crippen molar-refractivity contribution in [2.75, 3.05) is 32.9 Å². The number of hydrogen-bond acceptors (Lipinski definition) is 5. The predicted molar refractivity (Wildman–Crippen MR) is 95.8 cm³/mol. The molecule has 7 nitrogen and oxygen atoms in total. The fourth-order valence-electron chi connectivity index (χ4n) is 2.73. The average Bonchev–Trinajstić information content (AvgIpc) is 3.07. The van der Waals surface area contributed by atoms with E-state index in [-0.39, 0.29) is 12.0 Å². The highest BCUT2D eigenvalue weighted by atomic mass is 16.5. The molecule has 7 heteroatoms. The monoisotopic (exact) mass is 365 g/mol. The van der Waals surface area contributed by atoms with Crippen LogP contribution in [0.4, 0.5) is 0 Å². The Labute approximate surface area is 153 Å². The second-order valence-electron chi connectivity index (χ2n) is 6.67. The summed E-state index contributed by atoms with van der Waals surface area (Å²) in [5.74, 6) is -0.0212. The van der Waals surface area contributed by atoms with Crippen molar-refractivity contribution in [2.24, 2.45) is 5.92 Å². The standard InChI is InChI=1S/C19H27NO6/c1-4-24-17-9-14(5-6-16(17)26-12-18(21)22)19(23)20-8-7-15(10-20)25-11-13(2)3/h5-6,9,13,15H,4,7-8,10-12H2,1-3H3,(H,21,22). The van der Waals surface area contributed by atoms with Gasteiger partial charge in [-0.15, -0.1) is 0 Å². The second kappa shape index (κ2) is 9.43. The van der Waals surface area contributed by atoms with Gasteiger partial charge in [-0.2, -0.15) is 0 Å². The van der Waals surface area contributed by atoms with Gasteiger partial charge >= 0.3 is 5.97 Å². The molecule has 1 aromatic rings. The number of nitrogens with zero attached hydrogens (tertiary/aromatic N) is 1. The number of carboxylic acid groups (broad SMARTS) is 1. The molecular formula is C19H27NO6. The number of benzene rings is 1. The van der Waals surface area contributed by atoms with Gasteiger partial charge in [-0.3, -0.25) is 4.79 Å². The van der Waals surface area contributed by atoms with Crippen LogP contribution in [0.2, 0.25) is 0 Å². The van der Waals surface area contributed by atoms with Crippen LogP contribution in [-0.2, 0) is 9.53 Å². The van der Waals surface area contributed by atoms with Gasteiger partial charge in [-0.1, -0.05) is 13.8 Å². The van der Waals surface area contributed by atoms with E-state index in [0.29, 0.717) is 49.3 Å². The minimum Gasteiger partial charge on any atom is -0.490 e. The van der Waals surface area contributed by atoms with Crippen molar-refractivity contribution in [1.82, 2.24) is 4.90 Å². The predicted octanol–water partition coefficient (Wildman–Crippen LogP) is 2.44. The third-order valence-corrected chi connectivity index (χ3v) is 3.94. The summed E-state index contributed by atoms with van der Waals surface area (Å²) < 4.78 is 16.5. The Morgan fingerprint density at radius 1 is 1.27 bits per heavy atom. The fraction of sp³-hybridized carbons (Fsp3) is 0.579. The lowest BCUT2D eigenvalue weighted by atomic mass is 10.1. The van der Waals surface area contributed by atoms with Crippen molar-refractivity contribution in [1.29, 1.82) is 0 Å². The molecule has 1 fully saturated rings. The lowest BCUT2D eigenvalue weighted by Gasteiger charge is -2.18. The molecule has 0 radical (unpaired) electrons. The number of carboxylic acids is 1. The van der Waals surface area contributed by atoms with Crippen LogP contribution in [0, 0.1) is 5.92 Å². The summed E-state index contributed by atoms with van der Waals surface area (Å²) in [6.07, 6.45) is 0.905. The van der Waals surface area contributed by atoms with E-state index in [9.17, 15) is 9.59 Å². The van der Waals surface area contributed by atoms with Crippen molar-refractivity contribution in [3.8, 4) is 11.5 Å². The lowest BCUT2D eigenvalue weighted by Crippen LogP contribution is -2.30. The Bertz CT molecular complexity index is 630. The summed E-state index contributed by atoms with van der Waals surface area (Å²) in [7, 11) is 0. The largest absolute Gasteiger partial charge is 0.490 e. The molecule has 1 saturated heterocycles. The molecule has 0 bridgehead atoms. The number of ether oxygens (including phenoxy) is 3. The zero-order valence-corrected chi connectivity index (χ0v) is 15.6. The van der Waals surface area contributed by atoms with Crippen molar-refractivity contribution in [2.45, 2.75) is 33.3 Å². The van der Waals surface area contributed by atoms with Crippen LogP contribution in [0.15, 0.2) is 18.2 Å². The van der Waals surface area contributed by atoms with Crippen molar-refractivity contribution >= 4 is 11.9 Å². The number of rotatable bonds is 9. The van der Waals surface area contributed by atoms with E-state index < -0.39 is 12.6 Å². The van der Waals surface area contributed by atoms with Crippen LogP contribution < -0.4 is 9.47 Å². The first-order valence-corrected chi connectivity index (χ1v) is 8.93. The third kappa shape index (κ3) is 5.62. The Balaban J connectivity index is 2.04. The van der Waals surface area contributed by atoms with Crippen LogP contribution >= 0.6 is 0 Å². The average molecular weight is 365 g/mol. The number of carbonyl (C=O) groups is 2. The van der Waals surface area contributed by atoms with Gasteiger partial charge in [0.1, 0.15) is 0 Å². The summed E-state index contributed by atoms with van der Waals surface area (Å²) in [5, 5.41) is 8.75. The first kappa shape index (κ1) is 20.0. The van der Waals surface area contributed by atoms with Crippen LogP contribution in [-0.4, -0.2) is 60.9 Å².